The van der Waals surface area contributed by atoms with Crippen molar-refractivity contribution in [1.82, 2.24) is 0 Å². The van der Waals surface area contributed by atoms with Crippen molar-refractivity contribution in [2.24, 2.45) is 0 Å². The van der Waals surface area contributed by atoms with E-state index in [4.69, 9.17) is 4.42 Å². The predicted octanol–water partition coefficient (Wildman–Crippen LogP) is 2.67. The van der Waals surface area contributed by atoms with Crippen LogP contribution in [0.1, 0.15) is 29.0 Å². The lowest BCUT2D eigenvalue weighted by Crippen LogP contribution is -2.12. The summed E-state index contributed by atoms with van der Waals surface area (Å²) in [7, 11) is 0. The van der Waals surface area contributed by atoms with Gasteiger partial charge in [-0.15, -0.1) is 0 Å². The van der Waals surface area contributed by atoms with Crippen molar-refractivity contribution in [2.75, 3.05) is 5.75 Å². The lowest BCUT2D eigenvalue weighted by molar-refractivity contribution is 0.0988. The van der Waals surface area contributed by atoms with Gasteiger partial charge in [0.2, 0.25) is 0 Å². The highest BCUT2D eigenvalue weighted by molar-refractivity contribution is 8.00. The Morgan fingerprint density at radius 3 is 3.08 bits per heavy atom. The van der Waals surface area contributed by atoms with Crippen LogP contribution in [0, 0.1) is 6.92 Å². The number of hydrogen-bond donors (Lipinski definition) is 0. The molecule has 2 heterocycles. The summed E-state index contributed by atoms with van der Waals surface area (Å²) in [6, 6.07) is 1.82. The number of rotatable bonds is 2. The van der Waals surface area contributed by atoms with Gasteiger partial charge in [-0.1, -0.05) is 0 Å². The van der Waals surface area contributed by atoms with Gasteiger partial charge >= 0.3 is 0 Å². The average Bonchev–Trinajstić information content (AvgIpc) is 2.72. The zero-order chi connectivity index (χ0) is 9.26. The monoisotopic (exact) mass is 196 g/mol. The molecule has 1 aromatic heterocycles. The van der Waals surface area contributed by atoms with Crippen molar-refractivity contribution in [2.45, 2.75) is 25.0 Å². The Labute approximate surface area is 81.7 Å². The Hall–Kier alpha value is -0.700. The fraction of sp³-hybridized carbons (Fsp3) is 0.500. The molecule has 1 aliphatic rings. The van der Waals surface area contributed by atoms with Crippen LogP contribution in [-0.4, -0.2) is 16.8 Å². The fourth-order valence-corrected chi connectivity index (χ4v) is 2.78. The standard InChI is InChI=1S/C10H12O2S/c1-7-5-8(6-12-7)10(11)9-3-2-4-13-9/h5-6,9H,2-4H2,1H3. The second-order valence-corrected chi connectivity index (χ2v) is 4.62. The predicted molar refractivity (Wildman–Crippen MR) is 53.3 cm³/mol. The van der Waals surface area contributed by atoms with Crippen LogP contribution in [0.4, 0.5) is 0 Å². The maximum atomic E-state index is 11.8. The van der Waals surface area contributed by atoms with Crippen LogP contribution < -0.4 is 0 Å². The molecule has 0 amide bonds. The van der Waals surface area contributed by atoms with E-state index in [-0.39, 0.29) is 11.0 Å². The molecule has 1 saturated heterocycles. The van der Waals surface area contributed by atoms with Gasteiger partial charge in [0, 0.05) is 0 Å². The Bertz CT molecular complexity index is 310. The molecule has 2 nitrogen and oxygen atoms in total. The largest absolute Gasteiger partial charge is 0.469 e. The third-order valence-corrected chi connectivity index (χ3v) is 3.61. The SMILES string of the molecule is Cc1cc(C(=O)C2CCCS2)co1. The van der Waals surface area contributed by atoms with Gasteiger partial charge in [0.25, 0.3) is 0 Å². The van der Waals surface area contributed by atoms with Crippen LogP contribution in [0.25, 0.3) is 0 Å². The van der Waals surface area contributed by atoms with Crippen LogP contribution >= 0.6 is 11.8 Å². The highest BCUT2D eigenvalue weighted by Crippen LogP contribution is 2.29. The normalized spacial score (nSPS) is 22.1. The van der Waals surface area contributed by atoms with E-state index < -0.39 is 0 Å². The van der Waals surface area contributed by atoms with Crippen molar-refractivity contribution in [3.05, 3.63) is 23.7 Å². The van der Waals surface area contributed by atoms with Gasteiger partial charge in [-0.3, -0.25) is 4.79 Å². The van der Waals surface area contributed by atoms with E-state index in [1.807, 2.05) is 13.0 Å². The molecule has 13 heavy (non-hydrogen) atoms. The van der Waals surface area contributed by atoms with Gasteiger partial charge in [-0.05, 0) is 31.6 Å². The van der Waals surface area contributed by atoms with Crippen molar-refractivity contribution in [3.63, 3.8) is 0 Å². The van der Waals surface area contributed by atoms with E-state index in [0.717, 1.165) is 29.9 Å². The molecule has 1 fully saturated rings. The summed E-state index contributed by atoms with van der Waals surface area (Å²) in [5, 5.41) is 0.178. The number of Topliss-reactive ketones (excluding diaryl/α,β-unsaturated/α-hetero) is 1. The number of carbonyl (C=O) groups is 1. The van der Waals surface area contributed by atoms with Crippen molar-refractivity contribution in [1.29, 1.82) is 0 Å². The highest BCUT2D eigenvalue weighted by Gasteiger charge is 2.25. The third-order valence-electron chi connectivity index (χ3n) is 2.24. The minimum absolute atomic E-state index is 0.178. The van der Waals surface area contributed by atoms with Gasteiger partial charge in [-0.2, -0.15) is 11.8 Å². The lowest BCUT2D eigenvalue weighted by atomic mass is 10.1. The zero-order valence-electron chi connectivity index (χ0n) is 7.58. The number of aryl methyl sites for hydroxylation is 1. The minimum atomic E-state index is 0.178. The molecule has 0 bridgehead atoms. The molecule has 0 spiro atoms. The van der Waals surface area contributed by atoms with Gasteiger partial charge in [0.1, 0.15) is 12.0 Å². The van der Waals surface area contributed by atoms with E-state index in [1.165, 1.54) is 0 Å². The molecule has 1 aromatic rings. The van der Waals surface area contributed by atoms with E-state index >= 15 is 0 Å². The molecule has 3 heteroatoms. The number of furan rings is 1. The molecule has 2 rings (SSSR count). The molecule has 0 aromatic carbocycles. The zero-order valence-corrected chi connectivity index (χ0v) is 8.39. The molecule has 0 N–H and O–H groups in total. The lowest BCUT2D eigenvalue weighted by Gasteiger charge is -2.03. The fourth-order valence-electron chi connectivity index (χ4n) is 1.54. The van der Waals surface area contributed by atoms with Crippen molar-refractivity contribution >= 4 is 17.5 Å². The number of thioether (sulfide) groups is 1. The van der Waals surface area contributed by atoms with Gasteiger partial charge < -0.3 is 4.42 Å². The van der Waals surface area contributed by atoms with Crippen molar-refractivity contribution < 1.29 is 9.21 Å². The first kappa shape index (κ1) is 8.88. The van der Waals surface area contributed by atoms with Gasteiger partial charge in [0.05, 0.1) is 10.8 Å². The maximum absolute atomic E-state index is 11.8. The number of hydrogen-bond acceptors (Lipinski definition) is 3. The molecular weight excluding hydrogens is 184 g/mol. The summed E-state index contributed by atoms with van der Waals surface area (Å²) < 4.78 is 5.12. The summed E-state index contributed by atoms with van der Waals surface area (Å²) in [4.78, 5) is 11.8. The number of ketones is 1. The first-order valence-corrected chi connectivity index (χ1v) is 5.53. The van der Waals surface area contributed by atoms with E-state index in [9.17, 15) is 4.79 Å². The van der Waals surface area contributed by atoms with E-state index in [1.54, 1.807) is 18.0 Å². The average molecular weight is 196 g/mol. The first-order valence-electron chi connectivity index (χ1n) is 4.48. The van der Waals surface area contributed by atoms with Crippen LogP contribution in [0.3, 0.4) is 0 Å². The molecule has 0 saturated carbocycles. The minimum Gasteiger partial charge on any atom is -0.469 e. The number of carbonyl (C=O) groups excluding carboxylic acids is 1. The molecule has 70 valence electrons. The smallest absolute Gasteiger partial charge is 0.179 e. The van der Waals surface area contributed by atoms with E-state index in [0.29, 0.717) is 0 Å². The van der Waals surface area contributed by atoms with Crippen LogP contribution in [0.2, 0.25) is 0 Å². The van der Waals surface area contributed by atoms with Crippen LogP contribution in [0.15, 0.2) is 16.7 Å². The summed E-state index contributed by atoms with van der Waals surface area (Å²) in [6.07, 6.45) is 3.75. The Balaban J connectivity index is 2.12. The van der Waals surface area contributed by atoms with Gasteiger partial charge in [-0.25, -0.2) is 0 Å². The molecular formula is C10H12O2S. The quantitative estimate of drug-likeness (QED) is 0.681. The molecule has 0 radical (unpaired) electrons. The Kier molecular flexibility index (Phi) is 2.44. The van der Waals surface area contributed by atoms with Crippen LogP contribution in [-0.2, 0) is 0 Å². The molecule has 0 aliphatic carbocycles. The summed E-state index contributed by atoms with van der Waals surface area (Å²) in [6.45, 7) is 1.86. The second-order valence-electron chi connectivity index (χ2n) is 3.31. The van der Waals surface area contributed by atoms with Gasteiger partial charge in [0.15, 0.2) is 5.78 Å². The summed E-state index contributed by atoms with van der Waals surface area (Å²) >= 11 is 1.76. The van der Waals surface area contributed by atoms with Crippen molar-refractivity contribution in [3.8, 4) is 0 Å². The van der Waals surface area contributed by atoms with Crippen LogP contribution in [0.5, 0.6) is 0 Å². The first-order chi connectivity index (χ1) is 6.27. The Morgan fingerprint density at radius 1 is 1.69 bits per heavy atom. The van der Waals surface area contributed by atoms with E-state index in [2.05, 4.69) is 0 Å². The maximum Gasteiger partial charge on any atom is 0.179 e. The molecule has 1 aliphatic heterocycles. The molecule has 1 unspecified atom stereocenters. The Morgan fingerprint density at radius 2 is 2.54 bits per heavy atom. The molecule has 1 atom stereocenters. The second kappa shape index (κ2) is 3.58. The summed E-state index contributed by atoms with van der Waals surface area (Å²) in [5.41, 5.74) is 0.733. The topological polar surface area (TPSA) is 30.2 Å². The summed E-state index contributed by atoms with van der Waals surface area (Å²) in [5.74, 6) is 2.17. The highest BCUT2D eigenvalue weighted by atomic mass is 32.2. The third kappa shape index (κ3) is 1.80.